The van der Waals surface area contributed by atoms with Gasteiger partial charge in [-0.3, -0.25) is 0 Å². The van der Waals surface area contributed by atoms with E-state index in [1.807, 2.05) is 26.0 Å². The van der Waals surface area contributed by atoms with E-state index in [1.165, 1.54) is 6.26 Å². The van der Waals surface area contributed by atoms with Crippen LogP contribution in [0.25, 0.3) is 0 Å². The Morgan fingerprint density at radius 1 is 1.18 bits per heavy atom. The summed E-state index contributed by atoms with van der Waals surface area (Å²) in [5.74, 6) is 0. The molecule has 0 unspecified atom stereocenters. The first-order chi connectivity index (χ1) is 7.67. The highest BCUT2D eigenvalue weighted by molar-refractivity contribution is 7.90. The molecule has 1 saturated carbocycles. The smallest absolute Gasteiger partial charge is 0.175 e. The van der Waals surface area contributed by atoms with Crippen LogP contribution in [0.1, 0.15) is 32.3 Å². The third-order valence-corrected chi connectivity index (χ3v) is 4.95. The van der Waals surface area contributed by atoms with Crippen LogP contribution in [-0.4, -0.2) is 20.2 Å². The van der Waals surface area contributed by atoms with Gasteiger partial charge in [0, 0.05) is 17.2 Å². The second kappa shape index (κ2) is 3.56. The van der Waals surface area contributed by atoms with Crippen molar-refractivity contribution in [3.05, 3.63) is 29.8 Å². The Labute approximate surface area is 103 Å². The monoisotopic (exact) mass is 253 g/mol. The summed E-state index contributed by atoms with van der Waals surface area (Å²) in [6.45, 7) is 4.06. The normalized spacial score (nSPS) is 19.1. The number of sulfone groups is 1. The minimum Gasteiger partial charge on any atom is -0.325 e. The fourth-order valence-corrected chi connectivity index (χ4v) is 3.08. The molecule has 3 nitrogen and oxygen atoms in total. The van der Waals surface area contributed by atoms with Crippen LogP contribution in [0.3, 0.4) is 0 Å². The molecule has 1 fully saturated rings. The van der Waals surface area contributed by atoms with E-state index in [1.54, 1.807) is 12.1 Å². The third-order valence-electron chi connectivity index (χ3n) is 3.82. The van der Waals surface area contributed by atoms with Crippen molar-refractivity contribution in [2.45, 2.75) is 42.5 Å². The van der Waals surface area contributed by atoms with Gasteiger partial charge in [-0.05, 0) is 44.4 Å². The van der Waals surface area contributed by atoms with E-state index in [9.17, 15) is 8.42 Å². The SMILES string of the molecule is CC(C)(N)C1(c2ccc(S(C)(=O)=O)cc2)CC1. The van der Waals surface area contributed by atoms with Gasteiger partial charge >= 0.3 is 0 Å². The molecule has 2 N–H and O–H groups in total. The zero-order chi connectivity index (χ0) is 12.9. The first kappa shape index (κ1) is 12.6. The number of hydrogen-bond donors (Lipinski definition) is 1. The molecule has 0 heterocycles. The highest BCUT2D eigenvalue weighted by Gasteiger charge is 2.53. The number of benzene rings is 1. The predicted molar refractivity (Wildman–Crippen MR) is 68.7 cm³/mol. The Morgan fingerprint density at radius 3 is 1.94 bits per heavy atom. The van der Waals surface area contributed by atoms with Crippen LogP contribution in [0.15, 0.2) is 29.2 Å². The van der Waals surface area contributed by atoms with Gasteiger partial charge in [-0.1, -0.05) is 12.1 Å². The highest BCUT2D eigenvalue weighted by atomic mass is 32.2. The largest absolute Gasteiger partial charge is 0.325 e. The van der Waals surface area contributed by atoms with Gasteiger partial charge in [0.1, 0.15) is 0 Å². The van der Waals surface area contributed by atoms with Crippen LogP contribution in [0.5, 0.6) is 0 Å². The average molecular weight is 253 g/mol. The Kier molecular flexibility index (Phi) is 2.64. The Hall–Kier alpha value is -0.870. The van der Waals surface area contributed by atoms with E-state index in [0.29, 0.717) is 4.90 Å². The molecule has 1 aliphatic rings. The second-order valence-electron chi connectivity index (χ2n) is 5.60. The van der Waals surface area contributed by atoms with E-state index in [4.69, 9.17) is 5.73 Å². The van der Waals surface area contributed by atoms with Crippen molar-refractivity contribution in [3.8, 4) is 0 Å². The summed E-state index contributed by atoms with van der Waals surface area (Å²) in [6, 6.07) is 7.16. The van der Waals surface area contributed by atoms with Gasteiger partial charge in [0.15, 0.2) is 9.84 Å². The van der Waals surface area contributed by atoms with Crippen molar-refractivity contribution in [2.75, 3.05) is 6.26 Å². The van der Waals surface area contributed by atoms with Gasteiger partial charge in [-0.2, -0.15) is 0 Å². The Morgan fingerprint density at radius 2 is 1.65 bits per heavy atom. The van der Waals surface area contributed by atoms with E-state index < -0.39 is 9.84 Å². The average Bonchev–Trinajstić information content (AvgIpc) is 2.96. The standard InChI is InChI=1S/C13H19NO2S/c1-12(2,14)13(8-9-13)10-4-6-11(7-5-10)17(3,15)16/h4-7H,8-9,14H2,1-3H3. The molecule has 0 radical (unpaired) electrons. The molecule has 1 aliphatic carbocycles. The highest BCUT2D eigenvalue weighted by Crippen LogP contribution is 2.54. The molecule has 0 bridgehead atoms. The predicted octanol–water partition coefficient (Wildman–Crippen LogP) is 1.86. The van der Waals surface area contributed by atoms with Crippen molar-refractivity contribution in [1.82, 2.24) is 0 Å². The van der Waals surface area contributed by atoms with E-state index >= 15 is 0 Å². The lowest BCUT2D eigenvalue weighted by Gasteiger charge is -2.31. The number of nitrogens with two attached hydrogens (primary N) is 1. The maximum absolute atomic E-state index is 11.4. The fraction of sp³-hybridized carbons (Fsp3) is 0.538. The van der Waals surface area contributed by atoms with Crippen LogP contribution >= 0.6 is 0 Å². The van der Waals surface area contributed by atoms with Crippen molar-refractivity contribution in [2.24, 2.45) is 5.73 Å². The lowest BCUT2D eigenvalue weighted by molar-refractivity contribution is 0.391. The summed E-state index contributed by atoms with van der Waals surface area (Å²) in [7, 11) is -3.11. The van der Waals surface area contributed by atoms with Crippen molar-refractivity contribution >= 4 is 9.84 Å². The molecule has 4 heteroatoms. The second-order valence-corrected chi connectivity index (χ2v) is 7.62. The Bertz CT molecular complexity index is 520. The quantitative estimate of drug-likeness (QED) is 0.894. The molecule has 0 aliphatic heterocycles. The zero-order valence-electron chi connectivity index (χ0n) is 10.5. The molecule has 0 saturated heterocycles. The molecular weight excluding hydrogens is 234 g/mol. The molecular formula is C13H19NO2S. The Balaban J connectivity index is 2.38. The molecule has 0 amide bonds. The maximum Gasteiger partial charge on any atom is 0.175 e. The van der Waals surface area contributed by atoms with Gasteiger partial charge < -0.3 is 5.73 Å². The lowest BCUT2D eigenvalue weighted by Crippen LogP contribution is -2.45. The van der Waals surface area contributed by atoms with Crippen LogP contribution in [-0.2, 0) is 15.3 Å². The molecule has 94 valence electrons. The van der Waals surface area contributed by atoms with Crippen molar-refractivity contribution < 1.29 is 8.42 Å². The summed E-state index contributed by atoms with van der Waals surface area (Å²) in [5, 5.41) is 0. The molecule has 2 rings (SSSR count). The molecule has 0 spiro atoms. The van der Waals surface area contributed by atoms with E-state index in [2.05, 4.69) is 0 Å². The van der Waals surface area contributed by atoms with Gasteiger partial charge in [-0.25, -0.2) is 8.42 Å². The topological polar surface area (TPSA) is 60.2 Å². The third kappa shape index (κ3) is 2.11. The number of rotatable bonds is 3. The molecule has 1 aromatic carbocycles. The fourth-order valence-electron chi connectivity index (χ4n) is 2.45. The molecule has 0 aromatic heterocycles. The first-order valence-corrected chi connectivity index (χ1v) is 7.65. The van der Waals surface area contributed by atoms with Crippen LogP contribution in [0.2, 0.25) is 0 Å². The maximum atomic E-state index is 11.4. The first-order valence-electron chi connectivity index (χ1n) is 5.76. The van der Waals surface area contributed by atoms with Gasteiger partial charge in [-0.15, -0.1) is 0 Å². The van der Waals surface area contributed by atoms with Crippen LogP contribution in [0.4, 0.5) is 0 Å². The van der Waals surface area contributed by atoms with E-state index in [0.717, 1.165) is 18.4 Å². The summed E-state index contributed by atoms with van der Waals surface area (Å²) in [6.07, 6.45) is 3.38. The minimum atomic E-state index is -3.11. The van der Waals surface area contributed by atoms with E-state index in [-0.39, 0.29) is 11.0 Å². The zero-order valence-corrected chi connectivity index (χ0v) is 11.3. The minimum absolute atomic E-state index is 0.0308. The summed E-state index contributed by atoms with van der Waals surface area (Å²) in [4.78, 5) is 0.367. The van der Waals surface area contributed by atoms with Crippen molar-refractivity contribution in [3.63, 3.8) is 0 Å². The van der Waals surface area contributed by atoms with Crippen LogP contribution in [0, 0.1) is 0 Å². The molecule has 0 atom stereocenters. The molecule has 1 aromatic rings. The van der Waals surface area contributed by atoms with Gasteiger partial charge in [0.25, 0.3) is 0 Å². The number of hydrogen-bond acceptors (Lipinski definition) is 3. The summed E-state index contributed by atoms with van der Waals surface area (Å²) < 4.78 is 22.8. The van der Waals surface area contributed by atoms with Crippen LogP contribution < -0.4 is 5.73 Å². The lowest BCUT2D eigenvalue weighted by atomic mass is 9.79. The van der Waals surface area contributed by atoms with Crippen molar-refractivity contribution in [1.29, 1.82) is 0 Å². The van der Waals surface area contributed by atoms with Gasteiger partial charge in [0.2, 0.25) is 0 Å². The summed E-state index contributed by atoms with van der Waals surface area (Å²) in [5.41, 5.74) is 7.13. The summed E-state index contributed by atoms with van der Waals surface area (Å²) >= 11 is 0. The molecule has 17 heavy (non-hydrogen) atoms. The van der Waals surface area contributed by atoms with Gasteiger partial charge in [0.05, 0.1) is 4.90 Å².